The molecule has 1 atom stereocenters. The molecule has 3 aromatic rings. The molecule has 21 heavy (non-hydrogen) atoms. The lowest BCUT2D eigenvalue weighted by Gasteiger charge is -2.19. The normalized spacial score (nSPS) is 12.9. The predicted molar refractivity (Wildman–Crippen MR) is 84.3 cm³/mol. The number of furan rings is 1. The van der Waals surface area contributed by atoms with E-state index in [9.17, 15) is 0 Å². The number of benzene rings is 1. The predicted octanol–water partition coefficient (Wildman–Crippen LogP) is 3.74. The largest absolute Gasteiger partial charge is 0.464 e. The number of para-hydroxylation sites is 1. The summed E-state index contributed by atoms with van der Waals surface area (Å²) in [6, 6.07) is 10.4. The highest BCUT2D eigenvalue weighted by Crippen LogP contribution is 2.30. The molecule has 2 heterocycles. The first-order valence-corrected chi connectivity index (χ1v) is 7.56. The van der Waals surface area contributed by atoms with E-state index in [4.69, 9.17) is 4.42 Å². The maximum atomic E-state index is 5.71. The van der Waals surface area contributed by atoms with E-state index >= 15 is 0 Å². The number of hydrogen-bond donors (Lipinski definition) is 1. The molecule has 110 valence electrons. The third kappa shape index (κ3) is 2.59. The Balaban J connectivity index is 2.07. The van der Waals surface area contributed by atoms with Gasteiger partial charge in [-0.05, 0) is 32.0 Å². The standard InChI is InChI=1S/C17H21N3O/c1-3-10-18-17(15-9-11-19-20(15)4-2)14-12-21-16-8-6-5-7-13(14)16/h5-9,11-12,17-18H,3-4,10H2,1-2H3. The summed E-state index contributed by atoms with van der Waals surface area (Å²) >= 11 is 0. The molecule has 0 radical (unpaired) electrons. The van der Waals surface area contributed by atoms with E-state index < -0.39 is 0 Å². The second-order valence-electron chi connectivity index (χ2n) is 5.15. The van der Waals surface area contributed by atoms with E-state index in [0.29, 0.717) is 0 Å². The van der Waals surface area contributed by atoms with Crippen molar-refractivity contribution in [3.05, 3.63) is 54.0 Å². The highest BCUT2D eigenvalue weighted by Gasteiger charge is 2.21. The molecule has 1 N–H and O–H groups in total. The van der Waals surface area contributed by atoms with Gasteiger partial charge in [0.1, 0.15) is 5.58 Å². The Morgan fingerprint density at radius 1 is 1.24 bits per heavy atom. The lowest BCUT2D eigenvalue weighted by molar-refractivity contribution is 0.522. The topological polar surface area (TPSA) is 43.0 Å². The molecule has 0 aliphatic heterocycles. The molecule has 0 bridgehead atoms. The Hall–Kier alpha value is -2.07. The van der Waals surface area contributed by atoms with E-state index in [1.807, 2.05) is 29.3 Å². The van der Waals surface area contributed by atoms with E-state index in [2.05, 4.69) is 42.5 Å². The highest BCUT2D eigenvalue weighted by molar-refractivity contribution is 5.81. The number of rotatable bonds is 6. The molecule has 0 saturated carbocycles. The summed E-state index contributed by atoms with van der Waals surface area (Å²) in [6.07, 6.45) is 4.82. The summed E-state index contributed by atoms with van der Waals surface area (Å²) in [5.74, 6) is 0. The van der Waals surface area contributed by atoms with E-state index in [0.717, 1.165) is 30.5 Å². The molecule has 4 nitrogen and oxygen atoms in total. The SMILES string of the molecule is CCCNC(c1coc2ccccc12)c1ccnn1CC. The quantitative estimate of drug-likeness (QED) is 0.749. The minimum Gasteiger partial charge on any atom is -0.464 e. The van der Waals surface area contributed by atoms with Gasteiger partial charge in [-0.2, -0.15) is 5.10 Å². The molecule has 0 fully saturated rings. The van der Waals surface area contributed by atoms with Gasteiger partial charge in [-0.3, -0.25) is 4.68 Å². The van der Waals surface area contributed by atoms with Crippen LogP contribution in [-0.4, -0.2) is 16.3 Å². The number of nitrogens with zero attached hydrogens (tertiary/aromatic N) is 2. The molecule has 0 amide bonds. The summed E-state index contributed by atoms with van der Waals surface area (Å²) in [5.41, 5.74) is 3.28. The average Bonchev–Trinajstić information content (AvgIpc) is 3.15. The average molecular weight is 283 g/mol. The fourth-order valence-corrected chi connectivity index (χ4v) is 2.74. The highest BCUT2D eigenvalue weighted by atomic mass is 16.3. The van der Waals surface area contributed by atoms with Crippen LogP contribution in [0.5, 0.6) is 0 Å². The second kappa shape index (κ2) is 6.14. The number of hydrogen-bond acceptors (Lipinski definition) is 3. The maximum absolute atomic E-state index is 5.71. The zero-order chi connectivity index (χ0) is 14.7. The smallest absolute Gasteiger partial charge is 0.134 e. The Labute approximate surface area is 124 Å². The van der Waals surface area contributed by atoms with Crippen molar-refractivity contribution in [1.82, 2.24) is 15.1 Å². The fourth-order valence-electron chi connectivity index (χ4n) is 2.74. The minimum absolute atomic E-state index is 0.107. The zero-order valence-corrected chi connectivity index (χ0v) is 12.5. The fraction of sp³-hybridized carbons (Fsp3) is 0.353. The van der Waals surface area contributed by atoms with Gasteiger partial charge in [0.05, 0.1) is 18.0 Å². The van der Waals surface area contributed by atoms with E-state index in [1.54, 1.807) is 0 Å². The van der Waals surface area contributed by atoms with Gasteiger partial charge in [0.25, 0.3) is 0 Å². The minimum atomic E-state index is 0.107. The van der Waals surface area contributed by atoms with E-state index in [1.165, 1.54) is 11.3 Å². The van der Waals surface area contributed by atoms with Gasteiger partial charge in [-0.1, -0.05) is 25.1 Å². The van der Waals surface area contributed by atoms with Crippen molar-refractivity contribution in [3.63, 3.8) is 0 Å². The molecule has 0 spiro atoms. The van der Waals surface area contributed by atoms with Crippen molar-refractivity contribution in [1.29, 1.82) is 0 Å². The van der Waals surface area contributed by atoms with Crippen LogP contribution in [-0.2, 0) is 6.54 Å². The van der Waals surface area contributed by atoms with Crippen LogP contribution in [0.1, 0.15) is 37.6 Å². The molecule has 0 saturated heterocycles. The summed E-state index contributed by atoms with van der Waals surface area (Å²) in [5, 5.41) is 9.18. The number of aromatic nitrogens is 2. The maximum Gasteiger partial charge on any atom is 0.134 e. The molecular weight excluding hydrogens is 262 g/mol. The molecular formula is C17H21N3O. The molecule has 1 aromatic carbocycles. The van der Waals surface area contributed by atoms with Gasteiger partial charge in [0, 0.05) is 23.7 Å². The lowest BCUT2D eigenvalue weighted by atomic mass is 10.0. The van der Waals surface area contributed by atoms with Gasteiger partial charge < -0.3 is 9.73 Å². The van der Waals surface area contributed by atoms with Gasteiger partial charge >= 0.3 is 0 Å². The molecule has 0 aliphatic rings. The number of fused-ring (bicyclic) bond motifs is 1. The summed E-state index contributed by atoms with van der Waals surface area (Å²) in [4.78, 5) is 0. The van der Waals surface area contributed by atoms with Gasteiger partial charge in [-0.15, -0.1) is 0 Å². The second-order valence-corrected chi connectivity index (χ2v) is 5.15. The molecule has 2 aromatic heterocycles. The summed E-state index contributed by atoms with van der Waals surface area (Å²) in [6.45, 7) is 6.11. The van der Waals surface area contributed by atoms with Crippen LogP contribution in [0.15, 0.2) is 47.2 Å². The number of nitrogens with one attached hydrogen (secondary N) is 1. The summed E-state index contributed by atoms with van der Waals surface area (Å²) < 4.78 is 7.75. The molecule has 0 aliphatic carbocycles. The zero-order valence-electron chi connectivity index (χ0n) is 12.5. The lowest BCUT2D eigenvalue weighted by Crippen LogP contribution is -2.25. The number of aryl methyl sites for hydroxylation is 1. The van der Waals surface area contributed by atoms with Crippen molar-refractivity contribution in [3.8, 4) is 0 Å². The summed E-state index contributed by atoms with van der Waals surface area (Å²) in [7, 11) is 0. The van der Waals surface area contributed by atoms with Crippen molar-refractivity contribution >= 4 is 11.0 Å². The first-order chi connectivity index (χ1) is 10.3. The van der Waals surface area contributed by atoms with Crippen LogP contribution < -0.4 is 5.32 Å². The van der Waals surface area contributed by atoms with Crippen LogP contribution in [0, 0.1) is 0 Å². The Morgan fingerprint density at radius 2 is 2.10 bits per heavy atom. The van der Waals surface area contributed by atoms with E-state index in [-0.39, 0.29) is 6.04 Å². The van der Waals surface area contributed by atoms with Crippen LogP contribution in [0.3, 0.4) is 0 Å². The molecule has 4 heteroatoms. The van der Waals surface area contributed by atoms with Gasteiger partial charge in [0.15, 0.2) is 0 Å². The third-order valence-electron chi connectivity index (χ3n) is 3.77. The van der Waals surface area contributed by atoms with Gasteiger partial charge in [0.2, 0.25) is 0 Å². The first kappa shape index (κ1) is 13.9. The van der Waals surface area contributed by atoms with Gasteiger partial charge in [-0.25, -0.2) is 0 Å². The first-order valence-electron chi connectivity index (χ1n) is 7.56. The molecule has 3 rings (SSSR count). The molecule has 1 unspecified atom stereocenters. The Bertz CT molecular complexity index is 713. The van der Waals surface area contributed by atoms with Crippen molar-refractivity contribution in [2.75, 3.05) is 6.54 Å². The third-order valence-corrected chi connectivity index (χ3v) is 3.77. The Morgan fingerprint density at radius 3 is 2.90 bits per heavy atom. The van der Waals surface area contributed by atoms with Crippen molar-refractivity contribution in [2.45, 2.75) is 32.9 Å². The van der Waals surface area contributed by atoms with Crippen molar-refractivity contribution < 1.29 is 4.42 Å². The Kier molecular flexibility index (Phi) is 4.06. The van der Waals surface area contributed by atoms with Crippen molar-refractivity contribution in [2.24, 2.45) is 0 Å². The monoisotopic (exact) mass is 283 g/mol. The van der Waals surface area contributed by atoms with Crippen LogP contribution in [0.2, 0.25) is 0 Å². The van der Waals surface area contributed by atoms with Crippen LogP contribution >= 0.6 is 0 Å². The van der Waals surface area contributed by atoms with Crippen LogP contribution in [0.25, 0.3) is 11.0 Å². The van der Waals surface area contributed by atoms with Crippen LogP contribution in [0.4, 0.5) is 0 Å².